The second-order valence-electron chi connectivity index (χ2n) is 9.36. The molecule has 0 aliphatic carbocycles. The molecule has 1 aliphatic rings. The molecule has 2 aromatic carbocycles. The Bertz CT molecular complexity index is 1380. The lowest BCUT2D eigenvalue weighted by Crippen LogP contribution is -2.34. The minimum Gasteiger partial charge on any atom is -0.383 e. The van der Waals surface area contributed by atoms with Crippen LogP contribution < -0.4 is 10.2 Å². The molecule has 2 atom stereocenters. The molecule has 1 aliphatic heterocycles. The molecule has 12 heteroatoms. The van der Waals surface area contributed by atoms with Gasteiger partial charge < -0.3 is 15.0 Å². The number of carbonyl (C=O) groups is 1. The van der Waals surface area contributed by atoms with Gasteiger partial charge in [-0.1, -0.05) is 31.2 Å². The van der Waals surface area contributed by atoms with Gasteiger partial charge in [-0.15, -0.1) is 0 Å². The van der Waals surface area contributed by atoms with Gasteiger partial charge in [0.1, 0.15) is 0 Å². The number of hydrogen-bond donors (Lipinski definition) is 1. The molecule has 208 valence electrons. The van der Waals surface area contributed by atoms with E-state index in [0.29, 0.717) is 36.8 Å². The number of carbonyl (C=O) groups excluding carboxylic acids is 1. The molecule has 0 radical (unpaired) electrons. The molecule has 1 saturated heterocycles. The molecule has 3 aromatic rings. The first kappa shape index (κ1) is 28.5. The normalized spacial score (nSPS) is 17.8. The topological polar surface area (TPSA) is 101 Å². The standard InChI is InChI=1S/C27H29F3N4O4S/c1-3-39(36,37)24-10-4-18(5-11-24)12-25(35)33-22-14-31-26(32-15-22)34-16-20(13-23(34)17-38-2)19-6-8-21(9-7-19)27(28,29)30/h4-11,14-15,20,23H,3,12-13,16-17H2,1-2H3,(H,33,35)/t20?,23-/m0/s1. The fraction of sp³-hybridized carbons (Fsp3) is 0.370. The van der Waals surface area contributed by atoms with Gasteiger partial charge in [-0.05, 0) is 41.8 Å². The summed E-state index contributed by atoms with van der Waals surface area (Å²) in [6, 6.07) is 11.3. The Kier molecular flexibility index (Phi) is 8.55. The van der Waals surface area contributed by atoms with E-state index in [1.165, 1.54) is 36.7 Å². The van der Waals surface area contributed by atoms with Crippen molar-refractivity contribution in [2.24, 2.45) is 0 Å². The van der Waals surface area contributed by atoms with E-state index >= 15 is 0 Å². The summed E-state index contributed by atoms with van der Waals surface area (Å²) in [6.07, 6.45) is -0.685. The Balaban J connectivity index is 1.39. The second-order valence-corrected chi connectivity index (χ2v) is 11.6. The molecular formula is C27H29F3N4O4S. The van der Waals surface area contributed by atoms with E-state index in [9.17, 15) is 26.4 Å². The summed E-state index contributed by atoms with van der Waals surface area (Å²) in [4.78, 5) is 23.5. The molecule has 2 heterocycles. The quantitative estimate of drug-likeness (QED) is 0.410. The van der Waals surface area contributed by atoms with Crippen LogP contribution in [-0.2, 0) is 32.0 Å². The molecule has 0 saturated carbocycles. The van der Waals surface area contributed by atoms with Gasteiger partial charge >= 0.3 is 6.18 Å². The number of sulfone groups is 1. The summed E-state index contributed by atoms with van der Waals surface area (Å²) in [5.74, 6) is 0.104. The highest BCUT2D eigenvalue weighted by Gasteiger charge is 2.35. The van der Waals surface area contributed by atoms with Crippen molar-refractivity contribution < 1.29 is 31.1 Å². The Morgan fingerprint density at radius 2 is 1.72 bits per heavy atom. The van der Waals surface area contributed by atoms with Crippen LogP contribution in [0.5, 0.6) is 0 Å². The molecule has 1 fully saturated rings. The Labute approximate surface area is 225 Å². The van der Waals surface area contributed by atoms with E-state index in [1.807, 2.05) is 4.90 Å². The fourth-order valence-electron chi connectivity index (χ4n) is 4.60. The van der Waals surface area contributed by atoms with Gasteiger partial charge in [-0.2, -0.15) is 13.2 Å². The summed E-state index contributed by atoms with van der Waals surface area (Å²) in [5, 5.41) is 2.74. The van der Waals surface area contributed by atoms with E-state index in [2.05, 4.69) is 15.3 Å². The average molecular weight is 563 g/mol. The van der Waals surface area contributed by atoms with Crippen LogP contribution in [-0.4, -0.2) is 56.3 Å². The van der Waals surface area contributed by atoms with Crippen LogP contribution in [0.15, 0.2) is 65.8 Å². The number of benzene rings is 2. The summed E-state index contributed by atoms with van der Waals surface area (Å²) in [6.45, 7) is 2.48. The van der Waals surface area contributed by atoms with Crippen molar-refractivity contribution >= 4 is 27.4 Å². The molecule has 1 N–H and O–H groups in total. The largest absolute Gasteiger partial charge is 0.416 e. The number of ether oxygens (including phenoxy) is 1. The first-order valence-corrected chi connectivity index (χ1v) is 14.0. The summed E-state index contributed by atoms with van der Waals surface area (Å²) < 4.78 is 68.1. The highest BCUT2D eigenvalue weighted by atomic mass is 32.2. The number of hydrogen-bond acceptors (Lipinski definition) is 7. The number of nitrogens with one attached hydrogen (secondary N) is 1. The average Bonchev–Trinajstić information content (AvgIpc) is 3.33. The van der Waals surface area contributed by atoms with E-state index < -0.39 is 21.6 Å². The maximum Gasteiger partial charge on any atom is 0.416 e. The Hall–Kier alpha value is -3.51. The lowest BCUT2D eigenvalue weighted by Gasteiger charge is -2.23. The molecule has 8 nitrogen and oxygen atoms in total. The Morgan fingerprint density at radius 3 is 2.28 bits per heavy atom. The highest BCUT2D eigenvalue weighted by Crippen LogP contribution is 2.36. The number of rotatable bonds is 9. The van der Waals surface area contributed by atoms with Crippen LogP contribution in [0.4, 0.5) is 24.8 Å². The smallest absolute Gasteiger partial charge is 0.383 e. The molecule has 0 bridgehead atoms. The number of aromatic nitrogens is 2. The first-order valence-electron chi connectivity index (χ1n) is 12.4. The predicted octanol–water partition coefficient (Wildman–Crippen LogP) is 4.48. The van der Waals surface area contributed by atoms with Crippen molar-refractivity contribution in [1.29, 1.82) is 0 Å². The number of alkyl halides is 3. The zero-order chi connectivity index (χ0) is 28.2. The van der Waals surface area contributed by atoms with E-state index in [-0.39, 0.29) is 34.9 Å². The van der Waals surface area contributed by atoms with Gasteiger partial charge in [-0.25, -0.2) is 18.4 Å². The number of anilines is 2. The van der Waals surface area contributed by atoms with E-state index in [0.717, 1.165) is 17.7 Å². The molecule has 1 aromatic heterocycles. The predicted molar refractivity (Wildman–Crippen MR) is 140 cm³/mol. The van der Waals surface area contributed by atoms with Crippen LogP contribution in [0.1, 0.15) is 36.0 Å². The van der Waals surface area contributed by atoms with E-state index in [4.69, 9.17) is 4.74 Å². The SMILES string of the molecule is CCS(=O)(=O)c1ccc(CC(=O)Nc2cnc(N3CC(c4ccc(C(F)(F)F)cc4)C[C@H]3COC)nc2)cc1. The third-order valence-corrected chi connectivity index (χ3v) is 8.44. The Morgan fingerprint density at radius 1 is 1.08 bits per heavy atom. The van der Waals surface area contributed by atoms with Crippen LogP contribution in [0, 0.1) is 0 Å². The zero-order valence-electron chi connectivity index (χ0n) is 21.5. The lowest BCUT2D eigenvalue weighted by atomic mass is 9.95. The van der Waals surface area contributed by atoms with Crippen molar-refractivity contribution in [1.82, 2.24) is 9.97 Å². The van der Waals surface area contributed by atoms with Crippen molar-refractivity contribution in [3.8, 4) is 0 Å². The van der Waals surface area contributed by atoms with Gasteiger partial charge in [0.05, 0.1) is 53.4 Å². The summed E-state index contributed by atoms with van der Waals surface area (Å²) >= 11 is 0. The maximum absolute atomic E-state index is 12.9. The lowest BCUT2D eigenvalue weighted by molar-refractivity contribution is -0.137. The summed E-state index contributed by atoms with van der Waals surface area (Å²) in [5.41, 5.74) is 1.18. The van der Waals surface area contributed by atoms with Crippen molar-refractivity contribution in [3.05, 3.63) is 77.6 Å². The molecule has 39 heavy (non-hydrogen) atoms. The third kappa shape index (κ3) is 6.93. The minimum atomic E-state index is -4.38. The van der Waals surface area contributed by atoms with Crippen LogP contribution >= 0.6 is 0 Å². The van der Waals surface area contributed by atoms with E-state index in [1.54, 1.807) is 26.2 Å². The van der Waals surface area contributed by atoms with Gasteiger partial charge in [0.15, 0.2) is 9.84 Å². The second kappa shape index (κ2) is 11.7. The molecular weight excluding hydrogens is 533 g/mol. The number of halogens is 3. The highest BCUT2D eigenvalue weighted by molar-refractivity contribution is 7.91. The van der Waals surface area contributed by atoms with Gasteiger partial charge in [-0.3, -0.25) is 4.79 Å². The minimum absolute atomic E-state index is 0.00217. The van der Waals surface area contributed by atoms with Crippen molar-refractivity contribution in [2.45, 2.75) is 42.8 Å². The zero-order valence-corrected chi connectivity index (χ0v) is 22.3. The van der Waals surface area contributed by atoms with Crippen LogP contribution in [0.2, 0.25) is 0 Å². The van der Waals surface area contributed by atoms with Crippen molar-refractivity contribution in [3.63, 3.8) is 0 Å². The van der Waals surface area contributed by atoms with Gasteiger partial charge in [0.25, 0.3) is 0 Å². The molecule has 1 amide bonds. The summed E-state index contributed by atoms with van der Waals surface area (Å²) in [7, 11) is -1.72. The maximum atomic E-state index is 12.9. The van der Waals surface area contributed by atoms with Crippen LogP contribution in [0.3, 0.4) is 0 Å². The molecule has 0 spiro atoms. The third-order valence-electron chi connectivity index (χ3n) is 6.69. The van der Waals surface area contributed by atoms with Gasteiger partial charge in [0, 0.05) is 19.6 Å². The molecule has 1 unspecified atom stereocenters. The van der Waals surface area contributed by atoms with Gasteiger partial charge in [0.2, 0.25) is 11.9 Å². The fourth-order valence-corrected chi connectivity index (χ4v) is 5.49. The number of amides is 1. The number of methoxy groups -OCH3 is 1. The van der Waals surface area contributed by atoms with Crippen molar-refractivity contribution in [2.75, 3.05) is 36.2 Å². The monoisotopic (exact) mass is 562 g/mol. The number of nitrogens with zero attached hydrogens (tertiary/aromatic N) is 3. The van der Waals surface area contributed by atoms with Crippen LogP contribution in [0.25, 0.3) is 0 Å². The molecule has 4 rings (SSSR count). The first-order chi connectivity index (χ1) is 18.5.